The molecule has 0 radical (unpaired) electrons. The third-order valence-corrected chi connectivity index (χ3v) is 3.18. The number of hydrogen-bond acceptors (Lipinski definition) is 2. The van der Waals surface area contributed by atoms with Crippen LogP contribution in [0.3, 0.4) is 0 Å². The molecule has 1 aliphatic carbocycles. The second-order valence-electron chi connectivity index (χ2n) is 4.19. The van der Waals surface area contributed by atoms with Gasteiger partial charge in [-0.1, -0.05) is 18.9 Å². The fourth-order valence-electron chi connectivity index (χ4n) is 2.30. The van der Waals surface area contributed by atoms with E-state index in [0.29, 0.717) is 5.92 Å². The molecule has 0 spiro atoms. The smallest absolute Gasteiger partial charge is 0.0990 e. The maximum Gasteiger partial charge on any atom is 0.0990 e. The summed E-state index contributed by atoms with van der Waals surface area (Å²) in [6, 6.07) is 3.93. The Morgan fingerprint density at radius 3 is 2.79 bits per heavy atom. The number of aromatic nitrogens is 1. The van der Waals surface area contributed by atoms with Crippen molar-refractivity contribution in [3.63, 3.8) is 0 Å². The topological polar surface area (TPSA) is 33.1 Å². The van der Waals surface area contributed by atoms with Crippen LogP contribution >= 0.6 is 0 Å². The average Bonchev–Trinajstić information content (AvgIpc) is 2.70. The Morgan fingerprint density at radius 2 is 2.14 bits per heavy atom. The van der Waals surface area contributed by atoms with Gasteiger partial charge in [0.1, 0.15) is 0 Å². The quantitative estimate of drug-likeness (QED) is 0.779. The van der Waals surface area contributed by atoms with E-state index in [4.69, 9.17) is 0 Å². The average molecular weight is 191 g/mol. The summed E-state index contributed by atoms with van der Waals surface area (Å²) in [5, 5.41) is 10.1. The summed E-state index contributed by atoms with van der Waals surface area (Å²) in [5.74, 6) is 0.434. The van der Waals surface area contributed by atoms with Crippen LogP contribution in [0.4, 0.5) is 0 Å². The fraction of sp³-hybridized carbons (Fsp3) is 0.583. The maximum absolute atomic E-state index is 10.1. The van der Waals surface area contributed by atoms with Gasteiger partial charge in [-0.25, -0.2) is 0 Å². The monoisotopic (exact) mass is 191 g/mol. The predicted octanol–water partition coefficient (Wildman–Crippen LogP) is 2.61. The van der Waals surface area contributed by atoms with Gasteiger partial charge in [0.05, 0.1) is 11.8 Å². The van der Waals surface area contributed by atoms with Crippen LogP contribution in [0.1, 0.15) is 43.0 Å². The lowest BCUT2D eigenvalue weighted by molar-refractivity contribution is 0.107. The van der Waals surface area contributed by atoms with E-state index in [1.54, 1.807) is 6.20 Å². The highest BCUT2D eigenvalue weighted by atomic mass is 16.3. The molecule has 1 aromatic rings. The van der Waals surface area contributed by atoms with E-state index >= 15 is 0 Å². The van der Waals surface area contributed by atoms with Gasteiger partial charge in [0, 0.05) is 6.20 Å². The Balaban J connectivity index is 2.17. The normalized spacial score (nSPS) is 19.9. The molecular formula is C12H17NO. The van der Waals surface area contributed by atoms with Crippen LogP contribution in [-0.4, -0.2) is 10.1 Å². The SMILES string of the molecule is Cc1cccnc1C(O)C1CCCC1. The minimum absolute atomic E-state index is 0.348. The molecular weight excluding hydrogens is 174 g/mol. The third-order valence-electron chi connectivity index (χ3n) is 3.18. The molecule has 1 N–H and O–H groups in total. The molecule has 0 amide bonds. The van der Waals surface area contributed by atoms with Gasteiger partial charge in [-0.3, -0.25) is 4.98 Å². The lowest BCUT2D eigenvalue weighted by Crippen LogP contribution is -2.11. The Kier molecular flexibility index (Phi) is 2.82. The molecule has 1 saturated carbocycles. The molecule has 1 fully saturated rings. The first-order valence-corrected chi connectivity index (χ1v) is 5.38. The lowest BCUT2D eigenvalue weighted by Gasteiger charge is -2.18. The summed E-state index contributed by atoms with van der Waals surface area (Å²) < 4.78 is 0. The van der Waals surface area contributed by atoms with Crippen LogP contribution in [0.25, 0.3) is 0 Å². The summed E-state index contributed by atoms with van der Waals surface area (Å²) >= 11 is 0. The van der Waals surface area contributed by atoms with Gasteiger partial charge < -0.3 is 5.11 Å². The van der Waals surface area contributed by atoms with Crippen molar-refractivity contribution >= 4 is 0 Å². The Hall–Kier alpha value is -0.890. The van der Waals surface area contributed by atoms with Crippen molar-refractivity contribution in [2.75, 3.05) is 0 Å². The van der Waals surface area contributed by atoms with Crippen molar-refractivity contribution in [2.45, 2.75) is 38.7 Å². The Labute approximate surface area is 85.0 Å². The first-order valence-electron chi connectivity index (χ1n) is 5.38. The molecule has 2 nitrogen and oxygen atoms in total. The number of rotatable bonds is 2. The van der Waals surface area contributed by atoms with Crippen molar-refractivity contribution in [1.29, 1.82) is 0 Å². The maximum atomic E-state index is 10.1. The van der Waals surface area contributed by atoms with Crippen molar-refractivity contribution in [3.8, 4) is 0 Å². The van der Waals surface area contributed by atoms with E-state index in [9.17, 15) is 5.11 Å². The highest BCUT2D eigenvalue weighted by Gasteiger charge is 2.26. The molecule has 76 valence electrons. The van der Waals surface area contributed by atoms with Gasteiger partial charge in [0.25, 0.3) is 0 Å². The van der Waals surface area contributed by atoms with Crippen LogP contribution in [-0.2, 0) is 0 Å². The third kappa shape index (κ3) is 1.80. The second kappa shape index (κ2) is 4.09. The van der Waals surface area contributed by atoms with Crippen molar-refractivity contribution in [1.82, 2.24) is 4.98 Å². The zero-order chi connectivity index (χ0) is 9.97. The zero-order valence-electron chi connectivity index (χ0n) is 8.61. The molecule has 1 unspecified atom stereocenters. The van der Waals surface area contributed by atoms with Crippen LogP contribution in [0, 0.1) is 12.8 Å². The standard InChI is InChI=1S/C12H17NO/c1-9-5-4-8-13-11(9)12(14)10-6-2-3-7-10/h4-5,8,10,12,14H,2-3,6-7H2,1H3. The Morgan fingerprint density at radius 1 is 1.43 bits per heavy atom. The van der Waals surface area contributed by atoms with Crippen molar-refractivity contribution < 1.29 is 5.11 Å². The predicted molar refractivity (Wildman–Crippen MR) is 55.9 cm³/mol. The number of nitrogens with zero attached hydrogens (tertiary/aromatic N) is 1. The fourth-order valence-corrected chi connectivity index (χ4v) is 2.30. The van der Waals surface area contributed by atoms with Gasteiger partial charge in [-0.15, -0.1) is 0 Å². The minimum atomic E-state index is -0.348. The summed E-state index contributed by atoms with van der Waals surface area (Å²) in [5.41, 5.74) is 1.98. The molecule has 1 atom stereocenters. The summed E-state index contributed by atoms with van der Waals surface area (Å²) in [6.07, 6.45) is 6.23. The molecule has 2 rings (SSSR count). The Bertz CT molecular complexity index is 305. The second-order valence-corrected chi connectivity index (χ2v) is 4.19. The van der Waals surface area contributed by atoms with E-state index in [-0.39, 0.29) is 6.10 Å². The molecule has 0 bridgehead atoms. The van der Waals surface area contributed by atoms with Gasteiger partial charge in [0.15, 0.2) is 0 Å². The van der Waals surface area contributed by atoms with E-state index in [0.717, 1.165) is 24.1 Å². The van der Waals surface area contributed by atoms with Crippen LogP contribution in [0.2, 0.25) is 0 Å². The summed E-state index contributed by atoms with van der Waals surface area (Å²) in [7, 11) is 0. The molecule has 1 aliphatic rings. The van der Waals surface area contributed by atoms with E-state index in [1.165, 1.54) is 12.8 Å². The molecule has 1 aromatic heterocycles. The first kappa shape index (κ1) is 9.66. The number of aryl methyl sites for hydroxylation is 1. The number of aliphatic hydroxyl groups is 1. The molecule has 0 aliphatic heterocycles. The molecule has 0 aromatic carbocycles. The number of pyridine rings is 1. The molecule has 1 heterocycles. The van der Waals surface area contributed by atoms with Crippen LogP contribution < -0.4 is 0 Å². The number of hydrogen-bond donors (Lipinski definition) is 1. The van der Waals surface area contributed by atoms with Gasteiger partial charge in [-0.2, -0.15) is 0 Å². The van der Waals surface area contributed by atoms with Gasteiger partial charge in [-0.05, 0) is 37.3 Å². The number of aliphatic hydroxyl groups excluding tert-OH is 1. The van der Waals surface area contributed by atoms with Gasteiger partial charge >= 0.3 is 0 Å². The largest absolute Gasteiger partial charge is 0.387 e. The molecule has 2 heteroatoms. The molecule has 14 heavy (non-hydrogen) atoms. The summed E-state index contributed by atoms with van der Waals surface area (Å²) in [4.78, 5) is 4.27. The van der Waals surface area contributed by atoms with Crippen LogP contribution in [0.5, 0.6) is 0 Å². The zero-order valence-corrected chi connectivity index (χ0v) is 8.61. The van der Waals surface area contributed by atoms with Crippen LogP contribution in [0.15, 0.2) is 18.3 Å². The first-order chi connectivity index (χ1) is 6.79. The van der Waals surface area contributed by atoms with E-state index in [1.807, 2.05) is 19.1 Å². The van der Waals surface area contributed by atoms with Gasteiger partial charge in [0.2, 0.25) is 0 Å². The highest BCUT2D eigenvalue weighted by molar-refractivity contribution is 5.20. The van der Waals surface area contributed by atoms with Crippen molar-refractivity contribution in [3.05, 3.63) is 29.6 Å². The van der Waals surface area contributed by atoms with E-state index in [2.05, 4.69) is 4.98 Å². The molecule has 0 saturated heterocycles. The van der Waals surface area contributed by atoms with Crippen molar-refractivity contribution in [2.24, 2.45) is 5.92 Å². The highest BCUT2D eigenvalue weighted by Crippen LogP contribution is 2.35. The summed E-state index contributed by atoms with van der Waals surface area (Å²) in [6.45, 7) is 2.01. The van der Waals surface area contributed by atoms with E-state index < -0.39 is 0 Å². The minimum Gasteiger partial charge on any atom is -0.387 e. The lowest BCUT2D eigenvalue weighted by atomic mass is 9.96.